The molecule has 2 heteroatoms. The maximum Gasteiger partial charge on any atom is 0.0464 e. The molecule has 1 heterocycles. The SMILES string of the molecule is [Pd].c1ccc2c(c1)[nH]c1ccccc12. The molecule has 1 aromatic heterocycles. The summed E-state index contributed by atoms with van der Waals surface area (Å²) in [6.07, 6.45) is 0. The molecule has 0 atom stereocenters. The zero-order valence-electron chi connectivity index (χ0n) is 7.44. The fraction of sp³-hybridized carbons (Fsp3) is 0. The molecule has 0 saturated carbocycles. The predicted octanol–water partition coefficient (Wildman–Crippen LogP) is 3.32. The number of nitrogens with one attached hydrogen (secondary N) is 1. The van der Waals surface area contributed by atoms with E-state index in [0.29, 0.717) is 0 Å². The minimum atomic E-state index is 0. The van der Waals surface area contributed by atoms with Gasteiger partial charge in [-0.25, -0.2) is 0 Å². The van der Waals surface area contributed by atoms with Crippen molar-refractivity contribution in [3.63, 3.8) is 0 Å². The van der Waals surface area contributed by atoms with Gasteiger partial charge in [0.2, 0.25) is 0 Å². The van der Waals surface area contributed by atoms with E-state index in [2.05, 4.69) is 53.5 Å². The first kappa shape index (κ1) is 9.46. The van der Waals surface area contributed by atoms with Crippen molar-refractivity contribution in [3.8, 4) is 0 Å². The Morgan fingerprint density at radius 1 is 0.643 bits per heavy atom. The Balaban J connectivity index is 0.000000750. The summed E-state index contributed by atoms with van der Waals surface area (Å²) in [7, 11) is 0. The fourth-order valence-corrected chi connectivity index (χ4v) is 1.80. The van der Waals surface area contributed by atoms with E-state index >= 15 is 0 Å². The molecule has 1 nitrogen and oxygen atoms in total. The number of para-hydroxylation sites is 2. The standard InChI is InChI=1S/C12H9N.Pd/c1-3-7-11-9(5-1)10-6-2-4-8-12(10)13-11;/h1-8,13H;. The van der Waals surface area contributed by atoms with Crippen LogP contribution in [-0.2, 0) is 20.4 Å². The van der Waals surface area contributed by atoms with Gasteiger partial charge in [-0.15, -0.1) is 0 Å². The quantitative estimate of drug-likeness (QED) is 0.605. The normalized spacial score (nSPS) is 10.3. The zero-order valence-corrected chi connectivity index (χ0v) is 8.99. The average molecular weight is 274 g/mol. The van der Waals surface area contributed by atoms with Crippen molar-refractivity contribution in [2.75, 3.05) is 0 Å². The van der Waals surface area contributed by atoms with Crippen molar-refractivity contribution >= 4 is 21.8 Å². The summed E-state index contributed by atoms with van der Waals surface area (Å²) >= 11 is 0. The van der Waals surface area contributed by atoms with Crippen LogP contribution in [0.15, 0.2) is 48.5 Å². The number of rotatable bonds is 0. The number of H-pyrrole nitrogens is 1. The molecule has 2 aromatic carbocycles. The predicted molar refractivity (Wildman–Crippen MR) is 55.8 cm³/mol. The van der Waals surface area contributed by atoms with E-state index in [1.54, 1.807) is 0 Å². The van der Waals surface area contributed by atoms with Gasteiger partial charge in [-0.2, -0.15) is 0 Å². The molecule has 0 bridgehead atoms. The fourth-order valence-electron chi connectivity index (χ4n) is 1.80. The first-order valence-corrected chi connectivity index (χ1v) is 4.40. The van der Waals surface area contributed by atoms with Crippen molar-refractivity contribution in [3.05, 3.63) is 48.5 Å². The van der Waals surface area contributed by atoms with Gasteiger partial charge >= 0.3 is 0 Å². The van der Waals surface area contributed by atoms with Gasteiger partial charge in [0, 0.05) is 42.2 Å². The molecule has 0 unspecified atom stereocenters. The molecule has 3 aromatic rings. The molecular formula is C12H9NPd. The second kappa shape index (κ2) is 3.57. The van der Waals surface area contributed by atoms with Gasteiger partial charge in [-0.1, -0.05) is 36.4 Å². The number of aromatic amines is 1. The molecule has 0 spiro atoms. The van der Waals surface area contributed by atoms with Crippen LogP contribution in [-0.4, -0.2) is 4.98 Å². The van der Waals surface area contributed by atoms with Crippen LogP contribution in [0.3, 0.4) is 0 Å². The minimum absolute atomic E-state index is 0. The van der Waals surface area contributed by atoms with Crippen LogP contribution >= 0.6 is 0 Å². The van der Waals surface area contributed by atoms with E-state index in [-0.39, 0.29) is 20.4 Å². The Labute approximate surface area is 95.8 Å². The van der Waals surface area contributed by atoms with Crippen LogP contribution in [0.2, 0.25) is 0 Å². The molecule has 1 N–H and O–H groups in total. The van der Waals surface area contributed by atoms with Gasteiger partial charge in [-0.05, 0) is 12.1 Å². The van der Waals surface area contributed by atoms with Gasteiger partial charge in [0.05, 0.1) is 0 Å². The molecule has 72 valence electrons. The monoisotopic (exact) mass is 273 g/mol. The molecule has 14 heavy (non-hydrogen) atoms. The smallest absolute Gasteiger partial charge is 0.0464 e. The molecular weight excluding hydrogens is 265 g/mol. The summed E-state index contributed by atoms with van der Waals surface area (Å²) in [4.78, 5) is 3.38. The Kier molecular flexibility index (Phi) is 2.41. The summed E-state index contributed by atoms with van der Waals surface area (Å²) in [5.74, 6) is 0. The van der Waals surface area contributed by atoms with Crippen molar-refractivity contribution in [1.29, 1.82) is 0 Å². The minimum Gasteiger partial charge on any atom is -0.355 e. The van der Waals surface area contributed by atoms with Gasteiger partial charge in [0.1, 0.15) is 0 Å². The summed E-state index contributed by atoms with van der Waals surface area (Å²) in [5, 5.41) is 2.61. The number of hydrogen-bond donors (Lipinski definition) is 1. The van der Waals surface area contributed by atoms with E-state index in [9.17, 15) is 0 Å². The largest absolute Gasteiger partial charge is 0.355 e. The van der Waals surface area contributed by atoms with E-state index in [4.69, 9.17) is 0 Å². The summed E-state index contributed by atoms with van der Waals surface area (Å²) in [5.41, 5.74) is 2.42. The van der Waals surface area contributed by atoms with E-state index in [1.165, 1.54) is 21.8 Å². The first-order valence-electron chi connectivity index (χ1n) is 4.40. The Hall–Kier alpha value is -1.10. The van der Waals surface area contributed by atoms with Gasteiger partial charge < -0.3 is 4.98 Å². The van der Waals surface area contributed by atoms with Crippen molar-refractivity contribution in [2.45, 2.75) is 0 Å². The van der Waals surface area contributed by atoms with E-state index < -0.39 is 0 Å². The number of fused-ring (bicyclic) bond motifs is 3. The molecule has 0 amide bonds. The van der Waals surface area contributed by atoms with Crippen molar-refractivity contribution in [2.24, 2.45) is 0 Å². The number of benzene rings is 2. The second-order valence-electron chi connectivity index (χ2n) is 3.22. The first-order chi connectivity index (χ1) is 6.45. The number of hydrogen-bond acceptors (Lipinski definition) is 0. The molecule has 0 aliphatic heterocycles. The maximum atomic E-state index is 3.38. The van der Waals surface area contributed by atoms with Gasteiger partial charge in [0.25, 0.3) is 0 Å². The maximum absolute atomic E-state index is 3.38. The Bertz CT molecular complexity index is 518. The molecule has 3 rings (SSSR count). The molecule has 0 aliphatic rings. The molecule has 0 radical (unpaired) electrons. The van der Waals surface area contributed by atoms with Crippen molar-refractivity contribution < 1.29 is 20.4 Å². The molecule has 0 aliphatic carbocycles. The van der Waals surface area contributed by atoms with Crippen LogP contribution in [0.5, 0.6) is 0 Å². The van der Waals surface area contributed by atoms with E-state index in [1.807, 2.05) is 0 Å². The Morgan fingerprint density at radius 3 is 1.57 bits per heavy atom. The third-order valence-electron chi connectivity index (χ3n) is 2.41. The van der Waals surface area contributed by atoms with Crippen LogP contribution in [0.1, 0.15) is 0 Å². The van der Waals surface area contributed by atoms with Crippen molar-refractivity contribution in [1.82, 2.24) is 4.98 Å². The third-order valence-corrected chi connectivity index (χ3v) is 2.41. The average Bonchev–Trinajstić information content (AvgIpc) is 2.56. The van der Waals surface area contributed by atoms with Crippen LogP contribution < -0.4 is 0 Å². The molecule has 0 fully saturated rings. The molecule has 0 saturated heterocycles. The van der Waals surface area contributed by atoms with Gasteiger partial charge in [-0.3, -0.25) is 0 Å². The topological polar surface area (TPSA) is 15.8 Å². The third kappa shape index (κ3) is 1.28. The van der Waals surface area contributed by atoms with Gasteiger partial charge in [0.15, 0.2) is 0 Å². The van der Waals surface area contributed by atoms with Crippen LogP contribution in [0.4, 0.5) is 0 Å². The van der Waals surface area contributed by atoms with Crippen LogP contribution in [0.25, 0.3) is 21.8 Å². The number of aromatic nitrogens is 1. The van der Waals surface area contributed by atoms with Crippen LogP contribution in [0, 0.1) is 0 Å². The zero-order chi connectivity index (χ0) is 8.67. The summed E-state index contributed by atoms with van der Waals surface area (Å²) in [6.45, 7) is 0. The van der Waals surface area contributed by atoms with E-state index in [0.717, 1.165) is 0 Å². The second-order valence-corrected chi connectivity index (χ2v) is 3.22. The Morgan fingerprint density at radius 2 is 1.07 bits per heavy atom. The summed E-state index contributed by atoms with van der Waals surface area (Å²) in [6, 6.07) is 16.8. The summed E-state index contributed by atoms with van der Waals surface area (Å²) < 4.78 is 0.